The molecule has 0 N–H and O–H groups in total. The Morgan fingerprint density at radius 1 is 1.18 bits per heavy atom. The summed E-state index contributed by atoms with van der Waals surface area (Å²) in [6.07, 6.45) is -1.60. The monoisotopic (exact) mass is 460 g/mol. The Labute approximate surface area is 190 Å². The van der Waals surface area contributed by atoms with E-state index >= 15 is 0 Å². The first kappa shape index (κ1) is 24.4. The maximum absolute atomic E-state index is 12.7. The normalized spacial score (nSPS) is 18.6. The van der Waals surface area contributed by atoms with E-state index in [0.29, 0.717) is 17.7 Å². The van der Waals surface area contributed by atoms with Crippen LogP contribution < -0.4 is 9.84 Å². The van der Waals surface area contributed by atoms with E-state index in [0.717, 1.165) is 28.2 Å². The SMILES string of the molecule is CCC(=O)C1(C)Cc2cccc(OC/C=C/c3ccc(C(F)(F)F)cc3)c2CCN1C(=O)[O-]. The molecule has 1 aliphatic rings. The summed E-state index contributed by atoms with van der Waals surface area (Å²) in [7, 11) is 0. The van der Waals surface area contributed by atoms with Crippen LogP contribution in [0.4, 0.5) is 18.0 Å². The number of nitrogens with zero attached hydrogens (tertiary/aromatic N) is 1. The predicted molar refractivity (Wildman–Crippen MR) is 116 cm³/mol. The van der Waals surface area contributed by atoms with Gasteiger partial charge in [-0.05, 0) is 54.3 Å². The lowest BCUT2D eigenvalue weighted by Gasteiger charge is -2.40. The first-order valence-electron chi connectivity index (χ1n) is 10.7. The highest BCUT2D eigenvalue weighted by molar-refractivity contribution is 5.91. The minimum atomic E-state index is -4.37. The maximum Gasteiger partial charge on any atom is 0.416 e. The van der Waals surface area contributed by atoms with Gasteiger partial charge in [0.15, 0.2) is 5.78 Å². The Bertz CT molecular complexity index is 1050. The number of halogens is 3. The highest BCUT2D eigenvalue weighted by Crippen LogP contribution is 2.34. The lowest BCUT2D eigenvalue weighted by Crippen LogP contribution is -2.59. The van der Waals surface area contributed by atoms with Gasteiger partial charge in [0, 0.05) is 19.4 Å². The zero-order valence-corrected chi connectivity index (χ0v) is 18.4. The highest BCUT2D eigenvalue weighted by Gasteiger charge is 2.41. The molecule has 176 valence electrons. The third-order valence-corrected chi connectivity index (χ3v) is 5.97. The second-order valence-electron chi connectivity index (χ2n) is 8.12. The minimum Gasteiger partial charge on any atom is -0.530 e. The molecule has 0 bridgehead atoms. The Morgan fingerprint density at radius 3 is 2.48 bits per heavy atom. The van der Waals surface area contributed by atoms with Gasteiger partial charge in [-0.2, -0.15) is 13.2 Å². The molecule has 0 aromatic heterocycles. The third kappa shape index (κ3) is 5.38. The van der Waals surface area contributed by atoms with Crippen molar-refractivity contribution in [1.82, 2.24) is 4.90 Å². The summed E-state index contributed by atoms with van der Waals surface area (Å²) in [6.45, 7) is 3.62. The first-order valence-corrected chi connectivity index (χ1v) is 10.7. The fourth-order valence-electron chi connectivity index (χ4n) is 4.16. The van der Waals surface area contributed by atoms with Crippen molar-refractivity contribution in [2.45, 2.75) is 44.8 Å². The number of hydrogen-bond donors (Lipinski definition) is 0. The average Bonchev–Trinajstić information content (AvgIpc) is 2.92. The number of amides is 1. The second-order valence-corrected chi connectivity index (χ2v) is 8.12. The van der Waals surface area contributed by atoms with E-state index in [1.54, 1.807) is 38.1 Å². The van der Waals surface area contributed by atoms with Crippen LogP contribution in [0.1, 0.15) is 42.5 Å². The minimum absolute atomic E-state index is 0.110. The number of benzene rings is 2. The summed E-state index contributed by atoms with van der Waals surface area (Å²) >= 11 is 0. The van der Waals surface area contributed by atoms with Gasteiger partial charge in [-0.25, -0.2) is 0 Å². The quantitative estimate of drug-likeness (QED) is 0.645. The van der Waals surface area contributed by atoms with Crippen molar-refractivity contribution in [1.29, 1.82) is 0 Å². The van der Waals surface area contributed by atoms with Gasteiger partial charge in [0.1, 0.15) is 24.0 Å². The lowest BCUT2D eigenvalue weighted by molar-refractivity contribution is -0.270. The summed E-state index contributed by atoms with van der Waals surface area (Å²) in [4.78, 5) is 25.5. The highest BCUT2D eigenvalue weighted by atomic mass is 19.4. The Hall–Kier alpha value is -3.29. The van der Waals surface area contributed by atoms with Crippen molar-refractivity contribution >= 4 is 18.0 Å². The summed E-state index contributed by atoms with van der Waals surface area (Å²) in [6, 6.07) is 10.2. The Kier molecular flexibility index (Phi) is 7.15. The van der Waals surface area contributed by atoms with Gasteiger partial charge in [-0.3, -0.25) is 4.79 Å². The number of carbonyl (C=O) groups is 2. The standard InChI is InChI=1S/C25H26F3NO4/c1-3-22(30)24(2)16-18-7-4-8-21(20(18)13-14-29(24)23(31)32)33-15-5-6-17-9-11-19(12-10-17)25(26,27)28/h4-12H,3,13-16H2,1-2H3,(H,31,32)/p-1/b6-5+. The van der Waals surface area contributed by atoms with Crippen LogP contribution in [0.15, 0.2) is 48.5 Å². The van der Waals surface area contributed by atoms with Crippen LogP contribution >= 0.6 is 0 Å². The van der Waals surface area contributed by atoms with Crippen molar-refractivity contribution < 1.29 is 32.6 Å². The van der Waals surface area contributed by atoms with Gasteiger partial charge in [-0.1, -0.05) is 37.3 Å². The number of fused-ring (bicyclic) bond motifs is 1. The molecule has 1 heterocycles. The third-order valence-electron chi connectivity index (χ3n) is 5.97. The molecule has 0 fully saturated rings. The van der Waals surface area contributed by atoms with E-state index in [1.807, 2.05) is 6.07 Å². The molecule has 0 saturated carbocycles. The first-order chi connectivity index (χ1) is 15.6. The molecule has 8 heteroatoms. The van der Waals surface area contributed by atoms with Crippen LogP contribution in [0, 0.1) is 0 Å². The number of ketones is 1. The fourth-order valence-corrected chi connectivity index (χ4v) is 4.16. The topological polar surface area (TPSA) is 69.7 Å². The molecule has 1 unspecified atom stereocenters. The number of ether oxygens (including phenoxy) is 1. The molecule has 2 aromatic carbocycles. The van der Waals surface area contributed by atoms with Crippen LogP contribution in [0.2, 0.25) is 0 Å². The summed E-state index contributed by atoms with van der Waals surface area (Å²) < 4.78 is 43.9. The van der Waals surface area contributed by atoms with Crippen molar-refractivity contribution in [2.75, 3.05) is 13.2 Å². The zero-order chi connectivity index (χ0) is 24.2. The molecule has 0 radical (unpaired) electrons. The molecule has 1 aliphatic heterocycles. The molecule has 5 nitrogen and oxygen atoms in total. The lowest BCUT2D eigenvalue weighted by atomic mass is 9.85. The Morgan fingerprint density at radius 2 is 1.88 bits per heavy atom. The molecule has 0 spiro atoms. The van der Waals surface area contributed by atoms with E-state index in [4.69, 9.17) is 4.74 Å². The van der Waals surface area contributed by atoms with Crippen molar-refractivity contribution in [3.05, 3.63) is 70.8 Å². The zero-order valence-electron chi connectivity index (χ0n) is 18.4. The molecular formula is C25H25F3NO4-. The number of carbonyl (C=O) groups excluding carboxylic acids is 2. The van der Waals surface area contributed by atoms with Crippen LogP contribution in [0.25, 0.3) is 6.08 Å². The van der Waals surface area contributed by atoms with Crippen LogP contribution in [0.3, 0.4) is 0 Å². The largest absolute Gasteiger partial charge is 0.530 e. The summed E-state index contributed by atoms with van der Waals surface area (Å²) in [5, 5.41) is 11.8. The average molecular weight is 460 g/mol. The van der Waals surface area contributed by atoms with Gasteiger partial charge < -0.3 is 19.5 Å². The molecule has 33 heavy (non-hydrogen) atoms. The number of Topliss-reactive ketones (excluding diaryl/α,β-unsaturated/α-hetero) is 1. The molecule has 0 aliphatic carbocycles. The van der Waals surface area contributed by atoms with E-state index in [-0.39, 0.29) is 31.8 Å². The number of alkyl halides is 3. The van der Waals surface area contributed by atoms with Gasteiger partial charge >= 0.3 is 6.18 Å². The van der Waals surface area contributed by atoms with Gasteiger partial charge in [0.05, 0.1) is 5.56 Å². The summed E-state index contributed by atoms with van der Waals surface area (Å²) in [5.74, 6) is 0.404. The molecule has 0 saturated heterocycles. The molecule has 1 amide bonds. The smallest absolute Gasteiger partial charge is 0.416 e. The maximum atomic E-state index is 12.7. The van der Waals surface area contributed by atoms with E-state index in [9.17, 15) is 27.9 Å². The van der Waals surface area contributed by atoms with Gasteiger partial charge in [0.2, 0.25) is 0 Å². The molecule has 3 rings (SSSR count). The van der Waals surface area contributed by atoms with Gasteiger partial charge in [-0.15, -0.1) is 0 Å². The molecule has 2 aromatic rings. The van der Waals surface area contributed by atoms with Crippen LogP contribution in [-0.4, -0.2) is 35.5 Å². The number of carboxylic acid groups (broad SMARTS) is 1. The van der Waals surface area contributed by atoms with Crippen molar-refractivity contribution in [3.63, 3.8) is 0 Å². The van der Waals surface area contributed by atoms with E-state index in [2.05, 4.69) is 0 Å². The Balaban J connectivity index is 1.75. The molecular weight excluding hydrogens is 435 g/mol. The van der Waals surface area contributed by atoms with Crippen molar-refractivity contribution in [3.8, 4) is 5.75 Å². The van der Waals surface area contributed by atoms with Gasteiger partial charge in [0.25, 0.3) is 0 Å². The summed E-state index contributed by atoms with van der Waals surface area (Å²) in [5.41, 5.74) is 0.366. The fraction of sp³-hybridized carbons (Fsp3) is 0.360. The molecule has 1 atom stereocenters. The van der Waals surface area contributed by atoms with Crippen LogP contribution in [-0.2, 0) is 23.8 Å². The predicted octanol–water partition coefficient (Wildman–Crippen LogP) is 4.28. The number of rotatable bonds is 6. The van der Waals surface area contributed by atoms with E-state index in [1.165, 1.54) is 12.1 Å². The van der Waals surface area contributed by atoms with Crippen molar-refractivity contribution in [2.24, 2.45) is 0 Å². The number of hydrogen-bond acceptors (Lipinski definition) is 4. The van der Waals surface area contributed by atoms with Crippen LogP contribution in [0.5, 0.6) is 5.75 Å². The second kappa shape index (κ2) is 9.68. The van der Waals surface area contributed by atoms with E-state index < -0.39 is 23.4 Å².